The number of ketones is 1. The molecule has 0 aliphatic carbocycles. The van der Waals surface area contributed by atoms with Crippen LogP contribution in [0.4, 0.5) is 9.18 Å². The molecule has 1 unspecified atom stereocenters. The zero-order chi connectivity index (χ0) is 30.9. The molecule has 0 fully saturated rings. The topological polar surface area (TPSA) is 102 Å². The van der Waals surface area contributed by atoms with Crippen LogP contribution < -0.4 is 0 Å². The number of carbonyl (C=O) groups excluding carboxylic acids is 2. The van der Waals surface area contributed by atoms with Gasteiger partial charge in [-0.3, -0.25) is 9.69 Å². The van der Waals surface area contributed by atoms with E-state index in [1.165, 1.54) is 12.1 Å². The predicted octanol–water partition coefficient (Wildman–Crippen LogP) is 6.51. The second-order valence-corrected chi connectivity index (χ2v) is 12.5. The van der Waals surface area contributed by atoms with E-state index in [1.54, 1.807) is 22.8 Å². The monoisotopic (exact) mass is 647 g/mol. The van der Waals surface area contributed by atoms with Crippen LogP contribution in [-0.4, -0.2) is 43.4 Å². The van der Waals surface area contributed by atoms with Gasteiger partial charge >= 0.3 is 12.1 Å². The third kappa shape index (κ3) is 6.54. The highest BCUT2D eigenvalue weighted by atomic mass is 79.9. The van der Waals surface area contributed by atoms with Gasteiger partial charge in [0.05, 0.1) is 23.5 Å². The van der Waals surface area contributed by atoms with E-state index in [1.807, 2.05) is 42.5 Å². The first-order valence-electron chi connectivity index (χ1n) is 13.8. The Balaban J connectivity index is 1.55. The summed E-state index contributed by atoms with van der Waals surface area (Å²) in [6.07, 6.45) is -1.39. The molecule has 1 aromatic heterocycles. The number of imidazole rings is 1. The summed E-state index contributed by atoms with van der Waals surface area (Å²) < 4.78 is 22.5. The lowest BCUT2D eigenvalue weighted by atomic mass is 9.86. The van der Waals surface area contributed by atoms with Crippen molar-refractivity contribution in [2.75, 3.05) is 0 Å². The second kappa shape index (κ2) is 12.1. The average Bonchev–Trinajstić information content (AvgIpc) is 3.32. The second-order valence-electron chi connectivity index (χ2n) is 11.5. The molecule has 1 N–H and O–H groups in total. The summed E-state index contributed by atoms with van der Waals surface area (Å²) in [6, 6.07) is 20.0. The van der Waals surface area contributed by atoms with Gasteiger partial charge in [-0.2, -0.15) is 0 Å². The molecule has 0 bridgehead atoms. The zero-order valence-corrected chi connectivity index (χ0v) is 25.6. The van der Waals surface area contributed by atoms with Gasteiger partial charge in [-0.05, 0) is 40.3 Å². The molecule has 0 radical (unpaired) electrons. The Hall–Kier alpha value is -4.31. The molecule has 1 aliphatic heterocycles. The zero-order valence-electron chi connectivity index (χ0n) is 24.0. The molecule has 10 heteroatoms. The Kier molecular flexibility index (Phi) is 8.50. The molecule has 0 saturated heterocycles. The highest BCUT2D eigenvalue weighted by Crippen LogP contribution is 2.30. The van der Waals surface area contributed by atoms with Crippen molar-refractivity contribution in [1.82, 2.24) is 14.5 Å². The molecule has 3 aromatic carbocycles. The molecule has 0 spiro atoms. The number of rotatable bonds is 7. The minimum absolute atomic E-state index is 0.0123. The summed E-state index contributed by atoms with van der Waals surface area (Å²) in [5.41, 5.74) is 3.29. The van der Waals surface area contributed by atoms with E-state index in [-0.39, 0.29) is 42.9 Å². The minimum Gasteiger partial charge on any atom is -0.465 e. The number of nitrogens with zero attached hydrogens (tertiary/aromatic N) is 3. The van der Waals surface area contributed by atoms with Gasteiger partial charge in [0, 0.05) is 17.4 Å². The van der Waals surface area contributed by atoms with Gasteiger partial charge < -0.3 is 14.4 Å². The molecule has 222 valence electrons. The van der Waals surface area contributed by atoms with Crippen LogP contribution in [0.2, 0.25) is 0 Å². The number of carbonyl (C=O) groups is 3. The van der Waals surface area contributed by atoms with E-state index in [9.17, 15) is 23.9 Å². The highest BCUT2D eigenvalue weighted by molar-refractivity contribution is 9.10. The number of halogens is 2. The lowest BCUT2D eigenvalue weighted by Crippen LogP contribution is -2.49. The van der Waals surface area contributed by atoms with Crippen LogP contribution in [0.25, 0.3) is 0 Å². The standard InChI is InChI=1S/C33H31BrFN3O5/c1-33(2,3)22-11-7-10-21(14-22)17-37-28-18-38(32(41)42)27(31(40)43-19-20-8-5-4-6-9-20)16-26(28)36-30(37)29(39)24-13-12-23(34)15-25(24)35/h4-15,27H,16-19H2,1-3H3,(H,41,42). The van der Waals surface area contributed by atoms with E-state index in [0.717, 1.165) is 21.6 Å². The third-order valence-electron chi connectivity index (χ3n) is 7.49. The van der Waals surface area contributed by atoms with E-state index < -0.39 is 29.7 Å². The van der Waals surface area contributed by atoms with E-state index in [0.29, 0.717) is 15.9 Å². The van der Waals surface area contributed by atoms with Crippen molar-refractivity contribution in [2.45, 2.75) is 58.3 Å². The molecule has 43 heavy (non-hydrogen) atoms. The van der Waals surface area contributed by atoms with Crippen molar-refractivity contribution in [1.29, 1.82) is 0 Å². The maximum absolute atomic E-state index is 14.9. The van der Waals surface area contributed by atoms with E-state index >= 15 is 0 Å². The number of ether oxygens (including phenoxy) is 1. The van der Waals surface area contributed by atoms with E-state index in [4.69, 9.17) is 4.74 Å². The van der Waals surface area contributed by atoms with Crippen LogP contribution in [0.1, 0.15) is 65.0 Å². The summed E-state index contributed by atoms with van der Waals surface area (Å²) in [6.45, 7) is 6.27. The minimum atomic E-state index is -1.30. The fourth-order valence-electron chi connectivity index (χ4n) is 5.13. The Bertz CT molecular complexity index is 1700. The Morgan fingerprint density at radius 2 is 1.74 bits per heavy atom. The number of hydrogen-bond acceptors (Lipinski definition) is 5. The van der Waals surface area contributed by atoms with Crippen LogP contribution in [0.5, 0.6) is 0 Å². The van der Waals surface area contributed by atoms with Crippen molar-refractivity contribution < 1.29 is 28.6 Å². The summed E-state index contributed by atoms with van der Waals surface area (Å²) in [5, 5.41) is 10.1. The van der Waals surface area contributed by atoms with Crippen molar-refractivity contribution >= 4 is 33.8 Å². The molecule has 2 heterocycles. The Morgan fingerprint density at radius 1 is 1.02 bits per heavy atom. The lowest BCUT2D eigenvalue weighted by Gasteiger charge is -2.32. The van der Waals surface area contributed by atoms with Gasteiger partial charge in [0.25, 0.3) is 0 Å². The summed E-state index contributed by atoms with van der Waals surface area (Å²) in [4.78, 5) is 44.9. The smallest absolute Gasteiger partial charge is 0.408 e. The number of fused-ring (bicyclic) bond motifs is 1. The van der Waals surface area contributed by atoms with Crippen molar-refractivity contribution in [3.05, 3.63) is 123 Å². The number of hydrogen-bond donors (Lipinski definition) is 1. The molecule has 1 aliphatic rings. The fraction of sp³-hybridized carbons (Fsp3) is 0.273. The SMILES string of the molecule is CC(C)(C)c1cccc(Cn2c(C(=O)c3ccc(Br)cc3F)nc3c2CN(C(=O)O)C(C(=O)OCc2ccccc2)C3)c1. The largest absolute Gasteiger partial charge is 0.465 e. The van der Waals surface area contributed by atoms with Crippen LogP contribution in [-0.2, 0) is 41.1 Å². The van der Waals surface area contributed by atoms with Crippen LogP contribution >= 0.6 is 15.9 Å². The molecule has 4 aromatic rings. The maximum Gasteiger partial charge on any atom is 0.408 e. The van der Waals surface area contributed by atoms with Gasteiger partial charge in [-0.25, -0.2) is 19.0 Å². The molecule has 1 atom stereocenters. The Morgan fingerprint density at radius 3 is 2.42 bits per heavy atom. The molecule has 5 rings (SSSR count). The highest BCUT2D eigenvalue weighted by Gasteiger charge is 2.40. The maximum atomic E-state index is 14.9. The van der Waals surface area contributed by atoms with Gasteiger partial charge in [0.1, 0.15) is 18.5 Å². The first-order valence-corrected chi connectivity index (χ1v) is 14.6. The van der Waals surface area contributed by atoms with Gasteiger partial charge in [0.15, 0.2) is 5.82 Å². The van der Waals surface area contributed by atoms with Crippen LogP contribution in [0.3, 0.4) is 0 Å². The predicted molar refractivity (Wildman–Crippen MR) is 161 cm³/mol. The molecular formula is C33H31BrFN3O5. The Labute approximate surface area is 257 Å². The molecular weight excluding hydrogens is 617 g/mol. The number of esters is 1. The molecule has 8 nitrogen and oxygen atoms in total. The van der Waals surface area contributed by atoms with Gasteiger partial charge in [0.2, 0.25) is 5.78 Å². The lowest BCUT2D eigenvalue weighted by molar-refractivity contribution is -0.151. The number of carboxylic acid groups (broad SMARTS) is 1. The number of benzene rings is 3. The summed E-state index contributed by atoms with van der Waals surface area (Å²) >= 11 is 3.22. The first kappa shape index (κ1) is 30.2. The van der Waals surface area contributed by atoms with Crippen molar-refractivity contribution in [3.63, 3.8) is 0 Å². The van der Waals surface area contributed by atoms with Gasteiger partial charge in [-0.15, -0.1) is 0 Å². The molecule has 1 amide bonds. The van der Waals surface area contributed by atoms with Crippen LogP contribution in [0.15, 0.2) is 77.3 Å². The summed E-state index contributed by atoms with van der Waals surface area (Å²) in [5.74, 6) is -2.10. The third-order valence-corrected chi connectivity index (χ3v) is 7.99. The summed E-state index contributed by atoms with van der Waals surface area (Å²) in [7, 11) is 0. The first-order chi connectivity index (χ1) is 20.4. The normalized spacial score (nSPS) is 14.7. The quantitative estimate of drug-likeness (QED) is 0.181. The van der Waals surface area contributed by atoms with Crippen molar-refractivity contribution in [3.8, 4) is 0 Å². The fourth-order valence-corrected chi connectivity index (χ4v) is 5.47. The van der Waals surface area contributed by atoms with Crippen molar-refractivity contribution in [2.24, 2.45) is 0 Å². The van der Waals surface area contributed by atoms with Gasteiger partial charge in [-0.1, -0.05) is 91.3 Å². The van der Waals surface area contributed by atoms with Crippen LogP contribution in [0, 0.1) is 5.82 Å². The average molecular weight is 649 g/mol. The van der Waals surface area contributed by atoms with E-state index in [2.05, 4.69) is 41.7 Å². The number of aromatic nitrogens is 2. The molecule has 0 saturated carbocycles. The number of amides is 1.